The summed E-state index contributed by atoms with van der Waals surface area (Å²) in [5, 5.41) is 2.83. The minimum Gasteiger partial charge on any atom is -0.381 e. The zero-order chi connectivity index (χ0) is 10.2. The Morgan fingerprint density at radius 1 is 1.50 bits per heavy atom. The van der Waals surface area contributed by atoms with Gasteiger partial charge in [-0.25, -0.2) is 4.79 Å². The van der Waals surface area contributed by atoms with Crippen LogP contribution in [0.15, 0.2) is 0 Å². The standard InChI is InChI=1S/C10H20N2O2/c1-2-8-14-9-4-7-12-6-3-5-11-10(12)13/h2-9H2,1H3,(H,11,13). The summed E-state index contributed by atoms with van der Waals surface area (Å²) in [5.41, 5.74) is 0. The first-order valence-electron chi connectivity index (χ1n) is 5.45. The molecule has 1 fully saturated rings. The number of urea groups is 1. The van der Waals surface area contributed by atoms with Crippen molar-refractivity contribution in [2.24, 2.45) is 0 Å². The van der Waals surface area contributed by atoms with Gasteiger partial charge in [-0.05, 0) is 19.3 Å². The van der Waals surface area contributed by atoms with Crippen LogP contribution in [0.25, 0.3) is 0 Å². The van der Waals surface area contributed by atoms with Gasteiger partial charge in [-0.3, -0.25) is 0 Å². The Balaban J connectivity index is 2.02. The summed E-state index contributed by atoms with van der Waals surface area (Å²) in [6.45, 7) is 6.21. The topological polar surface area (TPSA) is 41.6 Å². The molecule has 1 rings (SSSR count). The van der Waals surface area contributed by atoms with E-state index in [2.05, 4.69) is 12.2 Å². The minimum atomic E-state index is 0.0757. The third kappa shape index (κ3) is 3.96. The van der Waals surface area contributed by atoms with E-state index in [1.54, 1.807) is 0 Å². The van der Waals surface area contributed by atoms with Crippen LogP contribution in [0.5, 0.6) is 0 Å². The highest BCUT2D eigenvalue weighted by atomic mass is 16.5. The van der Waals surface area contributed by atoms with Crippen LogP contribution in [-0.4, -0.2) is 43.8 Å². The van der Waals surface area contributed by atoms with Gasteiger partial charge in [0.1, 0.15) is 0 Å². The van der Waals surface area contributed by atoms with E-state index in [0.717, 1.165) is 52.1 Å². The maximum absolute atomic E-state index is 11.3. The summed E-state index contributed by atoms with van der Waals surface area (Å²) in [5.74, 6) is 0. The van der Waals surface area contributed by atoms with Gasteiger partial charge < -0.3 is 15.0 Å². The zero-order valence-corrected chi connectivity index (χ0v) is 8.92. The molecule has 2 amide bonds. The van der Waals surface area contributed by atoms with Gasteiger partial charge in [-0.15, -0.1) is 0 Å². The average Bonchev–Trinajstić information content (AvgIpc) is 2.20. The maximum atomic E-state index is 11.3. The number of carbonyl (C=O) groups is 1. The molecule has 1 saturated heterocycles. The maximum Gasteiger partial charge on any atom is 0.317 e. The van der Waals surface area contributed by atoms with E-state index in [0.29, 0.717) is 0 Å². The summed E-state index contributed by atoms with van der Waals surface area (Å²) >= 11 is 0. The van der Waals surface area contributed by atoms with E-state index in [-0.39, 0.29) is 6.03 Å². The Morgan fingerprint density at radius 2 is 2.36 bits per heavy atom. The van der Waals surface area contributed by atoms with Crippen LogP contribution >= 0.6 is 0 Å². The zero-order valence-electron chi connectivity index (χ0n) is 8.92. The normalized spacial score (nSPS) is 16.9. The number of nitrogens with zero attached hydrogens (tertiary/aromatic N) is 1. The molecule has 1 N–H and O–H groups in total. The first-order valence-corrected chi connectivity index (χ1v) is 5.45. The predicted octanol–water partition coefficient (Wildman–Crippen LogP) is 1.22. The van der Waals surface area contributed by atoms with Crippen molar-refractivity contribution in [3.8, 4) is 0 Å². The van der Waals surface area contributed by atoms with Crippen molar-refractivity contribution in [1.29, 1.82) is 0 Å². The van der Waals surface area contributed by atoms with E-state index >= 15 is 0 Å². The Bertz CT molecular complexity index is 174. The Hall–Kier alpha value is -0.770. The van der Waals surface area contributed by atoms with Gasteiger partial charge in [-0.2, -0.15) is 0 Å². The lowest BCUT2D eigenvalue weighted by Gasteiger charge is -2.27. The van der Waals surface area contributed by atoms with Gasteiger partial charge in [0.15, 0.2) is 0 Å². The molecule has 82 valence electrons. The molecule has 0 aromatic rings. The van der Waals surface area contributed by atoms with Crippen molar-refractivity contribution < 1.29 is 9.53 Å². The SMILES string of the molecule is CCCOCCCN1CCCNC1=O. The van der Waals surface area contributed by atoms with Crippen molar-refractivity contribution in [2.45, 2.75) is 26.2 Å². The van der Waals surface area contributed by atoms with Crippen LogP contribution in [0.1, 0.15) is 26.2 Å². The number of amides is 2. The molecule has 1 aliphatic rings. The van der Waals surface area contributed by atoms with Crippen molar-refractivity contribution >= 4 is 6.03 Å². The van der Waals surface area contributed by atoms with Gasteiger partial charge in [0, 0.05) is 32.8 Å². The molecule has 4 nitrogen and oxygen atoms in total. The van der Waals surface area contributed by atoms with Crippen LogP contribution in [0.2, 0.25) is 0 Å². The Morgan fingerprint density at radius 3 is 3.07 bits per heavy atom. The van der Waals surface area contributed by atoms with Crippen LogP contribution in [-0.2, 0) is 4.74 Å². The molecule has 0 unspecified atom stereocenters. The summed E-state index contributed by atoms with van der Waals surface area (Å²) in [6.07, 6.45) is 3.05. The van der Waals surface area contributed by atoms with Crippen LogP contribution in [0.4, 0.5) is 4.79 Å². The smallest absolute Gasteiger partial charge is 0.317 e. The second kappa shape index (κ2) is 6.65. The molecule has 0 aromatic carbocycles. The summed E-state index contributed by atoms with van der Waals surface area (Å²) < 4.78 is 5.35. The first-order chi connectivity index (χ1) is 6.84. The van der Waals surface area contributed by atoms with E-state index in [4.69, 9.17) is 4.74 Å². The molecule has 0 bridgehead atoms. The van der Waals surface area contributed by atoms with E-state index < -0.39 is 0 Å². The van der Waals surface area contributed by atoms with Crippen molar-refractivity contribution in [1.82, 2.24) is 10.2 Å². The first kappa shape index (κ1) is 11.3. The van der Waals surface area contributed by atoms with E-state index in [9.17, 15) is 4.79 Å². The van der Waals surface area contributed by atoms with Crippen molar-refractivity contribution in [2.75, 3.05) is 32.8 Å². The molecule has 0 aromatic heterocycles. The number of carbonyl (C=O) groups excluding carboxylic acids is 1. The van der Waals surface area contributed by atoms with Crippen LogP contribution in [0.3, 0.4) is 0 Å². The predicted molar refractivity (Wildman–Crippen MR) is 55.3 cm³/mol. The average molecular weight is 200 g/mol. The molecule has 14 heavy (non-hydrogen) atoms. The van der Waals surface area contributed by atoms with Crippen molar-refractivity contribution in [3.05, 3.63) is 0 Å². The fraction of sp³-hybridized carbons (Fsp3) is 0.900. The monoisotopic (exact) mass is 200 g/mol. The van der Waals surface area contributed by atoms with Gasteiger partial charge >= 0.3 is 6.03 Å². The molecule has 0 aliphatic carbocycles. The molecule has 0 saturated carbocycles. The van der Waals surface area contributed by atoms with Gasteiger partial charge in [-0.1, -0.05) is 6.92 Å². The number of rotatable bonds is 6. The second-order valence-corrected chi connectivity index (χ2v) is 3.54. The van der Waals surface area contributed by atoms with Crippen molar-refractivity contribution in [3.63, 3.8) is 0 Å². The molecule has 0 spiro atoms. The Kier molecular flexibility index (Phi) is 5.37. The highest BCUT2D eigenvalue weighted by Crippen LogP contribution is 2.00. The number of hydrogen-bond acceptors (Lipinski definition) is 2. The minimum absolute atomic E-state index is 0.0757. The summed E-state index contributed by atoms with van der Waals surface area (Å²) in [6, 6.07) is 0.0757. The number of hydrogen-bond donors (Lipinski definition) is 1. The highest BCUT2D eigenvalue weighted by Gasteiger charge is 2.15. The fourth-order valence-electron chi connectivity index (χ4n) is 1.50. The van der Waals surface area contributed by atoms with E-state index in [1.807, 2.05) is 4.90 Å². The van der Waals surface area contributed by atoms with Gasteiger partial charge in [0.05, 0.1) is 0 Å². The molecule has 1 aliphatic heterocycles. The number of ether oxygens (including phenoxy) is 1. The molecular weight excluding hydrogens is 180 g/mol. The summed E-state index contributed by atoms with van der Waals surface area (Å²) in [4.78, 5) is 13.1. The lowest BCUT2D eigenvalue weighted by Crippen LogP contribution is -2.46. The Labute approximate surface area is 85.6 Å². The molecule has 1 heterocycles. The number of nitrogens with one attached hydrogen (secondary N) is 1. The second-order valence-electron chi connectivity index (χ2n) is 3.54. The van der Waals surface area contributed by atoms with Gasteiger partial charge in [0.25, 0.3) is 0 Å². The van der Waals surface area contributed by atoms with E-state index in [1.165, 1.54) is 0 Å². The molecule has 4 heteroatoms. The largest absolute Gasteiger partial charge is 0.381 e. The third-order valence-electron chi connectivity index (χ3n) is 2.23. The van der Waals surface area contributed by atoms with Gasteiger partial charge in [0.2, 0.25) is 0 Å². The molecule has 0 radical (unpaired) electrons. The fourth-order valence-corrected chi connectivity index (χ4v) is 1.50. The van der Waals surface area contributed by atoms with Crippen LogP contribution < -0.4 is 5.32 Å². The quantitative estimate of drug-likeness (QED) is 0.655. The molecular formula is C10H20N2O2. The lowest BCUT2D eigenvalue weighted by atomic mass is 10.3. The van der Waals surface area contributed by atoms with Crippen LogP contribution in [0, 0.1) is 0 Å². The summed E-state index contributed by atoms with van der Waals surface area (Å²) in [7, 11) is 0. The third-order valence-corrected chi connectivity index (χ3v) is 2.23. The molecule has 0 atom stereocenters. The lowest BCUT2D eigenvalue weighted by molar-refractivity contribution is 0.121. The highest BCUT2D eigenvalue weighted by molar-refractivity contribution is 5.74.